The second-order valence-corrected chi connectivity index (χ2v) is 9.46. The number of hydrogen-bond donors (Lipinski definition) is 3. The number of H-pyrrole nitrogens is 1. The summed E-state index contributed by atoms with van der Waals surface area (Å²) in [5, 5.41) is 10.1. The maximum atomic E-state index is 15.0. The molecule has 0 unspecified atom stereocenters. The van der Waals surface area contributed by atoms with Crippen LogP contribution in [0.3, 0.4) is 0 Å². The average molecular weight is 502 g/mol. The Kier molecular flexibility index (Phi) is 7.28. The minimum atomic E-state index is -0.557. The molecule has 0 radical (unpaired) electrons. The van der Waals surface area contributed by atoms with E-state index in [-0.39, 0.29) is 17.5 Å². The molecule has 0 aliphatic rings. The Morgan fingerprint density at radius 1 is 1.19 bits per heavy atom. The van der Waals surface area contributed by atoms with Crippen LogP contribution in [0, 0.1) is 12.7 Å². The zero-order valence-electron chi connectivity index (χ0n) is 21.0. The molecule has 0 saturated carbocycles. The molecule has 2 aromatic carbocycles. The van der Waals surface area contributed by atoms with Crippen molar-refractivity contribution in [3.8, 4) is 22.9 Å². The van der Waals surface area contributed by atoms with Crippen LogP contribution < -0.4 is 15.8 Å². The van der Waals surface area contributed by atoms with Crippen molar-refractivity contribution in [1.82, 2.24) is 25.5 Å². The monoisotopic (exact) mass is 501 g/mol. The van der Waals surface area contributed by atoms with E-state index < -0.39 is 11.7 Å². The first-order chi connectivity index (χ1) is 17.6. The van der Waals surface area contributed by atoms with Crippen LogP contribution in [0.5, 0.6) is 11.5 Å². The SMILES string of the molecule is Cc1cc(CC(=O)N/C(C=NC(C)(C)C)=C/N)c(F)cc1Oc1ccnc2ccc(-c3ncn[nH]3)cc12. The third-order valence-corrected chi connectivity index (χ3v) is 5.36. The molecule has 37 heavy (non-hydrogen) atoms. The lowest BCUT2D eigenvalue weighted by atomic mass is 10.1. The number of carbonyl (C=O) groups excluding carboxylic acids is 1. The minimum absolute atomic E-state index is 0.174. The highest BCUT2D eigenvalue weighted by molar-refractivity contribution is 5.90. The van der Waals surface area contributed by atoms with Crippen LogP contribution in [0.25, 0.3) is 22.3 Å². The molecule has 0 fully saturated rings. The molecule has 0 bridgehead atoms. The van der Waals surface area contributed by atoms with Gasteiger partial charge in [-0.3, -0.25) is 19.9 Å². The van der Waals surface area contributed by atoms with Crippen molar-refractivity contribution >= 4 is 23.0 Å². The first kappa shape index (κ1) is 25.5. The van der Waals surface area contributed by atoms with Crippen LogP contribution >= 0.6 is 0 Å². The van der Waals surface area contributed by atoms with E-state index in [4.69, 9.17) is 10.5 Å². The number of pyridine rings is 1. The van der Waals surface area contributed by atoms with Crippen LogP contribution in [0.1, 0.15) is 31.9 Å². The number of rotatable bonds is 7. The number of benzene rings is 2. The van der Waals surface area contributed by atoms with Crippen LogP contribution in [0.2, 0.25) is 0 Å². The summed E-state index contributed by atoms with van der Waals surface area (Å²) in [7, 11) is 0. The Hall–Kier alpha value is -4.60. The van der Waals surface area contributed by atoms with E-state index in [1.54, 1.807) is 25.3 Å². The highest BCUT2D eigenvalue weighted by Gasteiger charge is 2.15. The molecule has 0 spiro atoms. The van der Waals surface area contributed by atoms with Gasteiger partial charge in [-0.15, -0.1) is 0 Å². The van der Waals surface area contributed by atoms with E-state index in [1.807, 2.05) is 39.0 Å². The van der Waals surface area contributed by atoms with Gasteiger partial charge in [0.2, 0.25) is 5.91 Å². The Morgan fingerprint density at radius 2 is 2.00 bits per heavy atom. The van der Waals surface area contributed by atoms with Gasteiger partial charge in [0.25, 0.3) is 0 Å². The number of hydrogen-bond acceptors (Lipinski definition) is 7. The Balaban J connectivity index is 1.54. The smallest absolute Gasteiger partial charge is 0.228 e. The first-order valence-electron chi connectivity index (χ1n) is 11.6. The molecule has 190 valence electrons. The van der Waals surface area contributed by atoms with Gasteiger partial charge in [-0.25, -0.2) is 9.37 Å². The summed E-state index contributed by atoms with van der Waals surface area (Å²) in [6, 6.07) is 10.2. The van der Waals surface area contributed by atoms with E-state index in [9.17, 15) is 4.79 Å². The summed E-state index contributed by atoms with van der Waals surface area (Å²) in [5.74, 6) is 0.482. The fourth-order valence-electron chi connectivity index (χ4n) is 3.55. The van der Waals surface area contributed by atoms with Gasteiger partial charge in [0.05, 0.1) is 23.2 Å². The first-order valence-corrected chi connectivity index (χ1v) is 11.6. The summed E-state index contributed by atoms with van der Waals surface area (Å²) >= 11 is 0. The largest absolute Gasteiger partial charge is 0.456 e. The standard InChI is InChI=1S/C27H28FN7O2/c1-16-9-18(11-25(36)34-19(13-29)14-32-27(2,3)4)21(28)12-24(16)37-23-7-8-30-22-6-5-17(10-20(22)23)26-31-15-33-35-26/h5-10,12-15H,11,29H2,1-4H3,(H,34,36)(H,31,33,35)/b19-13+,32-14?. The number of amides is 1. The molecule has 1 amide bonds. The van der Waals surface area contributed by atoms with Crippen molar-refractivity contribution in [2.24, 2.45) is 10.7 Å². The number of carbonyl (C=O) groups is 1. The van der Waals surface area contributed by atoms with Crippen molar-refractivity contribution in [2.45, 2.75) is 39.7 Å². The second kappa shape index (κ2) is 10.6. The van der Waals surface area contributed by atoms with Gasteiger partial charge in [0, 0.05) is 35.6 Å². The van der Waals surface area contributed by atoms with Crippen molar-refractivity contribution in [1.29, 1.82) is 0 Å². The fourth-order valence-corrected chi connectivity index (χ4v) is 3.55. The predicted molar refractivity (Wildman–Crippen MR) is 141 cm³/mol. The van der Waals surface area contributed by atoms with Gasteiger partial charge in [0.1, 0.15) is 23.6 Å². The zero-order valence-corrected chi connectivity index (χ0v) is 21.0. The van der Waals surface area contributed by atoms with E-state index >= 15 is 4.39 Å². The van der Waals surface area contributed by atoms with Gasteiger partial charge in [-0.2, -0.15) is 5.10 Å². The molecule has 0 atom stereocenters. The number of aromatic nitrogens is 4. The van der Waals surface area contributed by atoms with Gasteiger partial charge >= 0.3 is 0 Å². The third-order valence-electron chi connectivity index (χ3n) is 5.36. The molecule has 10 heteroatoms. The quantitative estimate of drug-likeness (QED) is 0.318. The number of nitrogens with two attached hydrogens (primary N) is 1. The van der Waals surface area contributed by atoms with Gasteiger partial charge < -0.3 is 15.8 Å². The number of aromatic amines is 1. The number of allylic oxidation sites excluding steroid dienone is 1. The van der Waals surface area contributed by atoms with Crippen LogP contribution in [0.15, 0.2) is 65.8 Å². The molecule has 0 aliphatic heterocycles. The van der Waals surface area contributed by atoms with Gasteiger partial charge in [0.15, 0.2) is 5.82 Å². The molecule has 9 nitrogen and oxygen atoms in total. The number of fused-ring (bicyclic) bond motifs is 1. The highest BCUT2D eigenvalue weighted by atomic mass is 19.1. The molecule has 4 rings (SSSR count). The lowest BCUT2D eigenvalue weighted by Gasteiger charge is -2.14. The van der Waals surface area contributed by atoms with Crippen molar-refractivity contribution in [2.75, 3.05) is 0 Å². The molecule has 4 N–H and O–H groups in total. The lowest BCUT2D eigenvalue weighted by molar-refractivity contribution is -0.119. The summed E-state index contributed by atoms with van der Waals surface area (Å²) in [6.45, 7) is 7.56. The normalized spacial score (nSPS) is 12.3. The van der Waals surface area contributed by atoms with Crippen LogP contribution in [-0.2, 0) is 11.2 Å². The molecular weight excluding hydrogens is 473 g/mol. The second-order valence-electron chi connectivity index (χ2n) is 9.46. The number of ether oxygens (including phenoxy) is 1. The summed E-state index contributed by atoms with van der Waals surface area (Å²) in [5.41, 5.74) is 8.04. The molecule has 0 saturated heterocycles. The van der Waals surface area contributed by atoms with Crippen LogP contribution in [0.4, 0.5) is 4.39 Å². The summed E-state index contributed by atoms with van der Waals surface area (Å²) < 4.78 is 21.1. The summed E-state index contributed by atoms with van der Waals surface area (Å²) in [4.78, 5) is 25.4. The Morgan fingerprint density at radius 3 is 2.70 bits per heavy atom. The molecular formula is C27H28FN7O2. The minimum Gasteiger partial charge on any atom is -0.456 e. The maximum absolute atomic E-state index is 15.0. The molecule has 0 aliphatic carbocycles. The Labute approximate surface area is 213 Å². The predicted octanol–water partition coefficient (Wildman–Crippen LogP) is 4.59. The zero-order chi connectivity index (χ0) is 26.6. The fraction of sp³-hybridized carbons (Fsp3) is 0.222. The van der Waals surface area contributed by atoms with Crippen LogP contribution in [-0.4, -0.2) is 37.8 Å². The van der Waals surface area contributed by atoms with E-state index in [2.05, 4.69) is 30.5 Å². The third kappa shape index (κ3) is 6.35. The summed E-state index contributed by atoms with van der Waals surface area (Å²) in [6.07, 6.45) is 5.62. The number of aryl methyl sites for hydroxylation is 1. The highest BCUT2D eigenvalue weighted by Crippen LogP contribution is 2.33. The van der Waals surface area contributed by atoms with Crippen molar-refractivity contribution in [3.63, 3.8) is 0 Å². The number of nitrogens with zero attached hydrogens (tertiary/aromatic N) is 4. The van der Waals surface area contributed by atoms with E-state index in [0.29, 0.717) is 34.1 Å². The number of halogens is 1. The van der Waals surface area contributed by atoms with Crippen molar-refractivity contribution < 1.29 is 13.9 Å². The molecule has 2 heterocycles. The topological polar surface area (TPSA) is 131 Å². The number of nitrogens with one attached hydrogen (secondary N) is 2. The Bertz CT molecular complexity index is 1490. The average Bonchev–Trinajstić information content (AvgIpc) is 3.39. The number of aliphatic imine (C=N–C) groups is 1. The van der Waals surface area contributed by atoms with E-state index in [0.717, 1.165) is 10.9 Å². The lowest BCUT2D eigenvalue weighted by Crippen LogP contribution is -2.27. The van der Waals surface area contributed by atoms with E-state index in [1.165, 1.54) is 24.8 Å². The molecule has 2 aromatic heterocycles. The van der Waals surface area contributed by atoms with Gasteiger partial charge in [-0.1, -0.05) is 0 Å². The maximum Gasteiger partial charge on any atom is 0.228 e. The molecule has 4 aromatic rings. The van der Waals surface area contributed by atoms with Gasteiger partial charge in [-0.05, 0) is 69.2 Å². The van der Waals surface area contributed by atoms with Crippen molar-refractivity contribution in [3.05, 3.63) is 77.8 Å².